The van der Waals surface area contributed by atoms with Crippen LogP contribution in [0.4, 0.5) is 23.5 Å². The molecule has 30 heavy (non-hydrogen) atoms. The zero-order valence-electron chi connectivity index (χ0n) is 16.6. The molecule has 2 heterocycles. The third-order valence-corrected chi connectivity index (χ3v) is 4.56. The predicted molar refractivity (Wildman–Crippen MR) is 117 cm³/mol. The van der Waals surface area contributed by atoms with Gasteiger partial charge < -0.3 is 20.1 Å². The van der Waals surface area contributed by atoms with E-state index in [9.17, 15) is 5.11 Å². The van der Waals surface area contributed by atoms with Crippen LogP contribution in [0, 0.1) is 0 Å². The highest BCUT2D eigenvalue weighted by atomic mass is 16.5. The molecule has 2 aromatic carbocycles. The van der Waals surface area contributed by atoms with E-state index >= 15 is 0 Å². The standard InChI is InChI=1S/C21H23N7O2/c1-15(16-7-9-18(29)10-8-16)26-27-20-23-19(22-17-5-3-2-4-6-17)24-21(25-20)28-11-13-30-14-12-28/h2-10,29H,11-14H2,1H3,(H2,22,23,24,25,27)/b26-15-. The van der Waals surface area contributed by atoms with Gasteiger partial charge in [0, 0.05) is 18.8 Å². The fourth-order valence-corrected chi connectivity index (χ4v) is 2.93. The predicted octanol–water partition coefficient (Wildman–Crippen LogP) is 2.99. The summed E-state index contributed by atoms with van der Waals surface area (Å²) in [4.78, 5) is 15.6. The number of aromatic hydroxyl groups is 1. The summed E-state index contributed by atoms with van der Waals surface area (Å²) >= 11 is 0. The number of phenolic OH excluding ortho intramolecular Hbond substituents is 1. The van der Waals surface area contributed by atoms with Crippen LogP contribution in [-0.2, 0) is 4.74 Å². The lowest BCUT2D eigenvalue weighted by molar-refractivity contribution is 0.122. The Morgan fingerprint density at radius 2 is 1.67 bits per heavy atom. The zero-order valence-corrected chi connectivity index (χ0v) is 16.6. The molecule has 0 amide bonds. The monoisotopic (exact) mass is 405 g/mol. The number of hydrogen-bond acceptors (Lipinski definition) is 9. The maximum absolute atomic E-state index is 9.45. The van der Waals surface area contributed by atoms with Gasteiger partial charge >= 0.3 is 0 Å². The first kappa shape index (κ1) is 19.6. The number of morpholine rings is 1. The van der Waals surface area contributed by atoms with E-state index in [-0.39, 0.29) is 5.75 Å². The average molecular weight is 405 g/mol. The minimum atomic E-state index is 0.212. The molecule has 0 aliphatic carbocycles. The molecule has 9 nitrogen and oxygen atoms in total. The second kappa shape index (κ2) is 9.19. The molecule has 1 aliphatic heterocycles. The number of nitrogens with zero attached hydrogens (tertiary/aromatic N) is 5. The Labute approximate surface area is 174 Å². The fourth-order valence-electron chi connectivity index (χ4n) is 2.93. The molecule has 0 unspecified atom stereocenters. The molecule has 1 aliphatic rings. The van der Waals surface area contributed by atoms with E-state index in [0.717, 1.165) is 17.0 Å². The quantitative estimate of drug-likeness (QED) is 0.424. The van der Waals surface area contributed by atoms with Crippen molar-refractivity contribution < 1.29 is 9.84 Å². The number of anilines is 4. The summed E-state index contributed by atoms with van der Waals surface area (Å²) in [6.45, 7) is 4.56. The van der Waals surface area contributed by atoms with Crippen molar-refractivity contribution in [1.29, 1.82) is 0 Å². The molecule has 1 aromatic heterocycles. The first-order chi connectivity index (χ1) is 14.7. The number of benzene rings is 2. The summed E-state index contributed by atoms with van der Waals surface area (Å²) in [6, 6.07) is 16.6. The molecule has 1 fully saturated rings. The average Bonchev–Trinajstić information content (AvgIpc) is 2.79. The summed E-state index contributed by atoms with van der Waals surface area (Å²) in [6.07, 6.45) is 0. The van der Waals surface area contributed by atoms with Gasteiger partial charge in [-0.25, -0.2) is 5.43 Å². The number of rotatable bonds is 6. The Hall–Kier alpha value is -3.72. The number of ether oxygens (including phenoxy) is 1. The van der Waals surface area contributed by atoms with Gasteiger partial charge in [-0.3, -0.25) is 0 Å². The van der Waals surface area contributed by atoms with E-state index in [0.29, 0.717) is 44.1 Å². The van der Waals surface area contributed by atoms with E-state index < -0.39 is 0 Å². The number of para-hydroxylation sites is 1. The SMILES string of the molecule is C/C(=N/Nc1nc(Nc2ccccc2)nc(N2CCOCC2)n1)c1ccc(O)cc1. The van der Waals surface area contributed by atoms with Gasteiger partial charge in [0.05, 0.1) is 18.9 Å². The topological polar surface area (TPSA) is 108 Å². The Kier molecular flexibility index (Phi) is 6.00. The lowest BCUT2D eigenvalue weighted by Gasteiger charge is -2.27. The van der Waals surface area contributed by atoms with Crippen molar-refractivity contribution in [3.8, 4) is 5.75 Å². The lowest BCUT2D eigenvalue weighted by Crippen LogP contribution is -2.37. The maximum atomic E-state index is 9.45. The fraction of sp³-hybridized carbons (Fsp3) is 0.238. The first-order valence-corrected chi connectivity index (χ1v) is 9.68. The highest BCUT2D eigenvalue weighted by Crippen LogP contribution is 2.19. The van der Waals surface area contributed by atoms with Crippen LogP contribution in [0.5, 0.6) is 5.75 Å². The molecule has 0 atom stereocenters. The van der Waals surface area contributed by atoms with Crippen molar-refractivity contribution in [2.45, 2.75) is 6.92 Å². The van der Waals surface area contributed by atoms with Gasteiger partial charge in [0.2, 0.25) is 17.8 Å². The first-order valence-electron chi connectivity index (χ1n) is 9.68. The molecule has 3 N–H and O–H groups in total. The highest BCUT2D eigenvalue weighted by Gasteiger charge is 2.16. The lowest BCUT2D eigenvalue weighted by atomic mass is 10.1. The Bertz CT molecular complexity index is 1000. The van der Waals surface area contributed by atoms with E-state index in [1.807, 2.05) is 37.3 Å². The van der Waals surface area contributed by atoms with Gasteiger partial charge in [0.25, 0.3) is 0 Å². The number of nitrogens with one attached hydrogen (secondary N) is 2. The molecule has 154 valence electrons. The molecular weight excluding hydrogens is 382 g/mol. The summed E-state index contributed by atoms with van der Waals surface area (Å²) in [7, 11) is 0. The minimum Gasteiger partial charge on any atom is -0.508 e. The van der Waals surface area contributed by atoms with Gasteiger partial charge in [-0.05, 0) is 48.9 Å². The molecule has 0 bridgehead atoms. The van der Waals surface area contributed by atoms with E-state index in [2.05, 4.69) is 35.7 Å². The molecule has 0 spiro atoms. The summed E-state index contributed by atoms with van der Waals surface area (Å²) in [5, 5.41) is 17.1. The van der Waals surface area contributed by atoms with E-state index in [1.54, 1.807) is 24.3 Å². The van der Waals surface area contributed by atoms with E-state index in [4.69, 9.17) is 4.74 Å². The van der Waals surface area contributed by atoms with Crippen LogP contribution in [0.15, 0.2) is 59.7 Å². The van der Waals surface area contributed by atoms with Crippen molar-refractivity contribution >= 4 is 29.2 Å². The van der Waals surface area contributed by atoms with Crippen molar-refractivity contribution in [2.75, 3.05) is 41.9 Å². The molecule has 1 saturated heterocycles. The number of hydrogen-bond donors (Lipinski definition) is 3. The molecular formula is C21H23N7O2. The number of hydrazone groups is 1. The van der Waals surface area contributed by atoms with Crippen LogP contribution in [0.25, 0.3) is 0 Å². The number of aromatic nitrogens is 3. The van der Waals surface area contributed by atoms with Gasteiger partial charge in [-0.2, -0.15) is 20.1 Å². The Balaban J connectivity index is 1.59. The highest BCUT2D eigenvalue weighted by molar-refractivity contribution is 5.99. The summed E-state index contributed by atoms with van der Waals surface area (Å²) < 4.78 is 5.43. The van der Waals surface area contributed by atoms with Gasteiger partial charge in [0.15, 0.2) is 0 Å². The molecule has 3 aromatic rings. The maximum Gasteiger partial charge on any atom is 0.250 e. The smallest absolute Gasteiger partial charge is 0.250 e. The largest absolute Gasteiger partial charge is 0.508 e. The van der Waals surface area contributed by atoms with Crippen LogP contribution in [0.1, 0.15) is 12.5 Å². The van der Waals surface area contributed by atoms with Crippen LogP contribution in [0.3, 0.4) is 0 Å². The van der Waals surface area contributed by atoms with Gasteiger partial charge in [-0.15, -0.1) is 0 Å². The van der Waals surface area contributed by atoms with Crippen LogP contribution in [-0.4, -0.2) is 52.1 Å². The van der Waals surface area contributed by atoms with Gasteiger partial charge in [-0.1, -0.05) is 18.2 Å². The molecule has 9 heteroatoms. The van der Waals surface area contributed by atoms with Gasteiger partial charge in [0.1, 0.15) is 5.75 Å². The zero-order chi connectivity index (χ0) is 20.8. The summed E-state index contributed by atoms with van der Waals surface area (Å²) in [5.41, 5.74) is 5.43. The minimum absolute atomic E-state index is 0.212. The van der Waals surface area contributed by atoms with Crippen molar-refractivity contribution in [3.63, 3.8) is 0 Å². The second-order valence-electron chi connectivity index (χ2n) is 6.73. The third-order valence-electron chi connectivity index (χ3n) is 4.56. The van der Waals surface area contributed by atoms with E-state index in [1.165, 1.54) is 0 Å². The van der Waals surface area contributed by atoms with Crippen LogP contribution < -0.4 is 15.6 Å². The van der Waals surface area contributed by atoms with Crippen LogP contribution in [0.2, 0.25) is 0 Å². The van der Waals surface area contributed by atoms with Crippen molar-refractivity contribution in [1.82, 2.24) is 15.0 Å². The van der Waals surface area contributed by atoms with Crippen LogP contribution >= 0.6 is 0 Å². The van der Waals surface area contributed by atoms with Crippen molar-refractivity contribution in [3.05, 3.63) is 60.2 Å². The molecule has 0 saturated carbocycles. The Morgan fingerprint density at radius 1 is 0.967 bits per heavy atom. The normalized spacial score (nSPS) is 14.4. The summed E-state index contributed by atoms with van der Waals surface area (Å²) in [5.74, 6) is 1.54. The number of phenols is 1. The molecule has 4 rings (SSSR count). The van der Waals surface area contributed by atoms with Crippen molar-refractivity contribution in [2.24, 2.45) is 5.10 Å². The third kappa shape index (κ3) is 5.00. The molecule has 0 radical (unpaired) electrons. The Morgan fingerprint density at radius 3 is 2.40 bits per heavy atom. The second-order valence-corrected chi connectivity index (χ2v) is 6.73.